The van der Waals surface area contributed by atoms with Crippen LogP contribution in [-0.4, -0.2) is 16.9 Å². The van der Waals surface area contributed by atoms with Crippen LogP contribution in [0.3, 0.4) is 0 Å². The third kappa shape index (κ3) is 4.34. The van der Waals surface area contributed by atoms with Gasteiger partial charge < -0.3 is 4.74 Å². The first-order valence-electron chi connectivity index (χ1n) is 10.5. The average molecular weight is 504 g/mol. The number of hydrogen-bond acceptors (Lipinski definition) is 6. The van der Waals surface area contributed by atoms with Crippen molar-refractivity contribution in [2.75, 3.05) is 0 Å². The molecule has 34 heavy (non-hydrogen) atoms. The minimum absolute atomic E-state index is 0.0176. The van der Waals surface area contributed by atoms with Gasteiger partial charge in [0.2, 0.25) is 5.76 Å². The first kappa shape index (κ1) is 24.0. The Bertz CT molecular complexity index is 1280. The van der Waals surface area contributed by atoms with Crippen molar-refractivity contribution in [3.05, 3.63) is 57.0 Å². The second-order valence-corrected chi connectivity index (χ2v) is 9.51. The molecule has 1 aromatic carbocycles. The van der Waals surface area contributed by atoms with Crippen LogP contribution in [0.25, 0.3) is 16.1 Å². The summed E-state index contributed by atoms with van der Waals surface area (Å²) in [4.78, 5) is 18.8. The Kier molecular flexibility index (Phi) is 6.53. The van der Waals surface area contributed by atoms with Gasteiger partial charge in [0.05, 0.1) is 11.3 Å². The zero-order valence-electron chi connectivity index (χ0n) is 17.9. The molecule has 0 radical (unpaired) electrons. The highest BCUT2D eigenvalue weighted by atomic mass is 35.5. The lowest BCUT2D eigenvalue weighted by molar-refractivity contribution is -0.127. The predicted molar refractivity (Wildman–Crippen MR) is 120 cm³/mol. The van der Waals surface area contributed by atoms with Crippen LogP contribution in [0.5, 0.6) is 0 Å². The normalized spacial score (nSPS) is 19.6. The lowest BCUT2D eigenvalue weighted by Gasteiger charge is -2.26. The molecular formula is C24H17ClF3N3O2S. The number of ether oxygens (including phenoxy) is 1. The number of Topliss-reactive ketones (excluding diaryl/α,β-unsaturated/α-hetero) is 1. The molecule has 1 fully saturated rings. The van der Waals surface area contributed by atoms with Gasteiger partial charge in [-0.2, -0.15) is 23.7 Å². The van der Waals surface area contributed by atoms with Crippen molar-refractivity contribution < 1.29 is 22.7 Å². The molecule has 0 spiro atoms. The maximum atomic E-state index is 13.8. The minimum Gasteiger partial charge on any atom is -0.453 e. The Labute approximate surface area is 202 Å². The van der Waals surface area contributed by atoms with Gasteiger partial charge in [-0.05, 0) is 37.8 Å². The van der Waals surface area contributed by atoms with Crippen LogP contribution >= 0.6 is 22.9 Å². The van der Waals surface area contributed by atoms with E-state index in [4.69, 9.17) is 26.9 Å². The van der Waals surface area contributed by atoms with Crippen molar-refractivity contribution in [2.45, 2.75) is 38.8 Å². The number of aromatic nitrogens is 1. The van der Waals surface area contributed by atoms with Crippen LogP contribution in [0.1, 0.15) is 36.8 Å². The summed E-state index contributed by atoms with van der Waals surface area (Å²) in [5.74, 6) is -2.92. The van der Waals surface area contributed by atoms with Gasteiger partial charge in [-0.1, -0.05) is 30.7 Å². The van der Waals surface area contributed by atoms with Gasteiger partial charge in [-0.25, -0.2) is 4.98 Å². The standard InChI is InChI=1S/C24H17ClF3N3O2S/c1-2-17-19(31-23(34-17)12-5-7-16(25)8-6-12)18-20(32)13-3-4-14(9-13)21(18)33-22(24(26,27)28)15(10-29)11-30/h5-8,13-14H,2-4,9H2,1H3/t13-,14+/m0/s1. The highest BCUT2D eigenvalue weighted by Gasteiger charge is 2.47. The zero-order chi connectivity index (χ0) is 24.6. The van der Waals surface area contributed by atoms with Gasteiger partial charge in [-0.15, -0.1) is 11.3 Å². The number of ketones is 1. The molecule has 0 saturated heterocycles. The molecule has 5 nitrogen and oxygen atoms in total. The molecule has 1 saturated carbocycles. The highest BCUT2D eigenvalue weighted by molar-refractivity contribution is 7.15. The number of nitrogens with zero attached hydrogens (tertiary/aromatic N) is 3. The van der Waals surface area contributed by atoms with Crippen molar-refractivity contribution in [1.29, 1.82) is 10.5 Å². The first-order valence-corrected chi connectivity index (χ1v) is 11.7. The van der Waals surface area contributed by atoms with Crippen molar-refractivity contribution in [1.82, 2.24) is 4.98 Å². The van der Waals surface area contributed by atoms with Gasteiger partial charge in [0.25, 0.3) is 0 Å². The predicted octanol–water partition coefficient (Wildman–Crippen LogP) is 6.62. The molecule has 2 bridgehead atoms. The number of allylic oxidation sites excluding steroid dienone is 4. The lowest BCUT2D eigenvalue weighted by atomic mass is 9.84. The van der Waals surface area contributed by atoms with Crippen LogP contribution in [-0.2, 0) is 16.0 Å². The number of halogens is 4. The highest BCUT2D eigenvalue weighted by Crippen LogP contribution is 2.49. The van der Waals surface area contributed by atoms with Crippen molar-refractivity contribution >= 4 is 34.3 Å². The average Bonchev–Trinajstić information content (AvgIpc) is 3.43. The third-order valence-corrected chi connectivity index (χ3v) is 7.43. The van der Waals surface area contributed by atoms with Crippen molar-refractivity contribution in [3.63, 3.8) is 0 Å². The molecule has 2 atom stereocenters. The van der Waals surface area contributed by atoms with Gasteiger partial charge >= 0.3 is 6.18 Å². The van der Waals surface area contributed by atoms with E-state index < -0.39 is 23.4 Å². The summed E-state index contributed by atoms with van der Waals surface area (Å²) in [6.07, 6.45) is -3.20. The third-order valence-electron chi connectivity index (χ3n) is 5.93. The second kappa shape index (κ2) is 9.25. The van der Waals surface area contributed by atoms with E-state index >= 15 is 0 Å². The number of thiazole rings is 1. The van der Waals surface area contributed by atoms with Crippen molar-refractivity contribution in [2.24, 2.45) is 11.8 Å². The summed E-state index contributed by atoms with van der Waals surface area (Å²) in [5, 5.41) is 19.3. The van der Waals surface area contributed by atoms with Gasteiger partial charge in [-0.3, -0.25) is 4.79 Å². The summed E-state index contributed by atoms with van der Waals surface area (Å²) >= 11 is 7.31. The Morgan fingerprint density at radius 2 is 1.85 bits per heavy atom. The second-order valence-electron chi connectivity index (χ2n) is 7.99. The van der Waals surface area contributed by atoms with Crippen LogP contribution in [0, 0.1) is 34.5 Å². The fraction of sp³-hybridized carbons (Fsp3) is 0.333. The maximum Gasteiger partial charge on any atom is 0.451 e. The zero-order valence-corrected chi connectivity index (χ0v) is 19.4. The van der Waals surface area contributed by atoms with E-state index in [1.165, 1.54) is 23.5 Å². The lowest BCUT2D eigenvalue weighted by Crippen LogP contribution is -2.26. The maximum absolute atomic E-state index is 13.8. The number of carbonyl (C=O) groups excluding carboxylic acids is 1. The number of alkyl halides is 3. The number of carbonyl (C=O) groups is 1. The molecular weight excluding hydrogens is 487 g/mol. The molecule has 1 aromatic heterocycles. The SMILES string of the molecule is CCc1sc(-c2ccc(Cl)cc2)nc1C1=C(OC(=C(C#N)C#N)C(F)(F)F)[C@@H]2CC[C@@H](C2)C1=O. The molecule has 4 rings (SSSR count). The topological polar surface area (TPSA) is 86.8 Å². The molecule has 2 aliphatic rings. The number of nitriles is 2. The van der Waals surface area contributed by atoms with E-state index in [0.717, 1.165) is 10.4 Å². The molecule has 174 valence electrons. The minimum atomic E-state index is -5.08. The number of benzene rings is 1. The number of aryl methyl sites for hydroxylation is 1. The summed E-state index contributed by atoms with van der Waals surface area (Å²) in [6.45, 7) is 1.87. The summed E-state index contributed by atoms with van der Waals surface area (Å²) in [5.41, 5.74) is -0.116. The van der Waals surface area contributed by atoms with E-state index in [-0.39, 0.29) is 23.0 Å². The fourth-order valence-corrected chi connectivity index (χ4v) is 5.48. The fourth-order valence-electron chi connectivity index (χ4n) is 4.34. The molecule has 0 aliphatic heterocycles. The smallest absolute Gasteiger partial charge is 0.451 e. The van der Waals surface area contributed by atoms with Crippen LogP contribution < -0.4 is 0 Å². The molecule has 0 N–H and O–H groups in total. The van der Waals surface area contributed by atoms with Crippen LogP contribution in [0.15, 0.2) is 41.4 Å². The molecule has 1 heterocycles. The van der Waals surface area contributed by atoms with Gasteiger partial charge in [0.1, 0.15) is 22.9 Å². The first-order chi connectivity index (χ1) is 16.2. The summed E-state index contributed by atoms with van der Waals surface area (Å²) in [6, 6.07) is 9.46. The Hall–Kier alpha value is -3.14. The number of fused-ring (bicyclic) bond motifs is 2. The molecule has 0 amide bonds. The number of rotatable bonds is 5. The van der Waals surface area contributed by atoms with Gasteiger partial charge in [0, 0.05) is 27.3 Å². The molecule has 10 heteroatoms. The van der Waals surface area contributed by atoms with E-state index in [1.54, 1.807) is 24.3 Å². The van der Waals surface area contributed by atoms with Crippen LogP contribution in [0.2, 0.25) is 5.02 Å². The van der Waals surface area contributed by atoms with E-state index in [2.05, 4.69) is 4.98 Å². The van der Waals surface area contributed by atoms with E-state index in [0.29, 0.717) is 41.4 Å². The Balaban J connectivity index is 1.91. The largest absolute Gasteiger partial charge is 0.453 e. The van der Waals surface area contributed by atoms with E-state index in [9.17, 15) is 18.0 Å². The monoisotopic (exact) mass is 503 g/mol. The molecule has 2 aliphatic carbocycles. The quantitative estimate of drug-likeness (QED) is 0.338. The summed E-state index contributed by atoms with van der Waals surface area (Å²) < 4.78 is 46.6. The molecule has 2 aromatic rings. The van der Waals surface area contributed by atoms with E-state index in [1.807, 2.05) is 6.92 Å². The molecule has 0 unspecified atom stereocenters. The van der Waals surface area contributed by atoms with Crippen LogP contribution in [0.4, 0.5) is 13.2 Å². The number of hydrogen-bond donors (Lipinski definition) is 0. The Morgan fingerprint density at radius 1 is 1.21 bits per heavy atom. The Morgan fingerprint density at radius 3 is 2.44 bits per heavy atom. The van der Waals surface area contributed by atoms with Crippen molar-refractivity contribution in [3.8, 4) is 22.7 Å². The van der Waals surface area contributed by atoms with Gasteiger partial charge in [0.15, 0.2) is 11.4 Å². The summed E-state index contributed by atoms with van der Waals surface area (Å²) in [7, 11) is 0.